The Balaban J connectivity index is 0.00000192. The molecule has 1 fully saturated rings. The van der Waals surface area contributed by atoms with Crippen LogP contribution in [-0.4, -0.2) is 16.8 Å². The first-order valence-electron chi connectivity index (χ1n) is 7.50. The van der Waals surface area contributed by atoms with E-state index in [1.165, 1.54) is 0 Å². The highest BCUT2D eigenvalue weighted by Crippen LogP contribution is 2.37. The number of anilines is 1. The molecule has 0 heterocycles. The van der Waals surface area contributed by atoms with Crippen molar-refractivity contribution < 1.29 is 4.79 Å². The first-order valence-corrected chi connectivity index (χ1v) is 7.88. The summed E-state index contributed by atoms with van der Waals surface area (Å²) in [5.41, 5.74) is 8.02. The summed E-state index contributed by atoms with van der Waals surface area (Å²) in [6.07, 6.45) is 2.10. The van der Waals surface area contributed by atoms with Crippen molar-refractivity contribution in [1.29, 1.82) is 0 Å². The molecule has 1 atom stereocenters. The number of hydrogen-bond acceptors (Lipinski definition) is 2. The molecule has 1 aliphatic rings. The molecule has 5 heteroatoms. The van der Waals surface area contributed by atoms with E-state index in [-0.39, 0.29) is 24.4 Å². The maximum Gasteiger partial charge on any atom is 0.254 e. The standard InChI is InChI=1S/C18H19ClN2O.ClH/c1-12(16-4-2-3-5-17(16)19)21(15-10-11-15)18(22)13-6-8-14(20)9-7-13;/h2-9,12,15H,10-11,20H2,1H3;1H. The maximum absolute atomic E-state index is 12.9. The van der Waals surface area contributed by atoms with Gasteiger partial charge in [-0.2, -0.15) is 0 Å². The van der Waals surface area contributed by atoms with E-state index >= 15 is 0 Å². The Morgan fingerprint density at radius 1 is 1.17 bits per heavy atom. The Hall–Kier alpha value is -1.71. The van der Waals surface area contributed by atoms with Gasteiger partial charge in [0.05, 0.1) is 6.04 Å². The van der Waals surface area contributed by atoms with Crippen molar-refractivity contribution in [1.82, 2.24) is 4.90 Å². The minimum atomic E-state index is -0.0498. The number of carbonyl (C=O) groups excluding carboxylic acids is 1. The SMILES string of the molecule is CC(c1ccccc1Cl)N(C(=O)c1ccc(N)cc1)C1CC1.Cl. The van der Waals surface area contributed by atoms with Crippen LogP contribution < -0.4 is 5.73 Å². The molecule has 2 N–H and O–H groups in total. The summed E-state index contributed by atoms with van der Waals surface area (Å²) in [4.78, 5) is 14.9. The van der Waals surface area contributed by atoms with Gasteiger partial charge in [0.25, 0.3) is 5.91 Å². The van der Waals surface area contributed by atoms with Crippen molar-refractivity contribution in [3.8, 4) is 0 Å². The Morgan fingerprint density at radius 2 is 1.78 bits per heavy atom. The molecular formula is C18H20Cl2N2O. The summed E-state index contributed by atoms with van der Waals surface area (Å²) in [5, 5.41) is 0.700. The molecule has 1 amide bonds. The molecule has 3 rings (SSSR count). The van der Waals surface area contributed by atoms with Crippen molar-refractivity contribution >= 4 is 35.6 Å². The number of benzene rings is 2. The fraction of sp³-hybridized carbons (Fsp3) is 0.278. The van der Waals surface area contributed by atoms with Gasteiger partial charge < -0.3 is 10.6 Å². The molecule has 1 saturated carbocycles. The van der Waals surface area contributed by atoms with Gasteiger partial charge in [0.15, 0.2) is 0 Å². The van der Waals surface area contributed by atoms with E-state index < -0.39 is 0 Å². The summed E-state index contributed by atoms with van der Waals surface area (Å²) in [7, 11) is 0. The molecule has 122 valence electrons. The average molecular weight is 351 g/mol. The van der Waals surface area contributed by atoms with Gasteiger partial charge in [0, 0.05) is 22.3 Å². The van der Waals surface area contributed by atoms with Gasteiger partial charge in [-0.3, -0.25) is 4.79 Å². The van der Waals surface area contributed by atoms with Crippen LogP contribution >= 0.6 is 24.0 Å². The van der Waals surface area contributed by atoms with Crippen LogP contribution in [0, 0.1) is 0 Å². The lowest BCUT2D eigenvalue weighted by Crippen LogP contribution is -2.35. The van der Waals surface area contributed by atoms with Crippen LogP contribution in [0.4, 0.5) is 5.69 Å². The predicted molar refractivity (Wildman–Crippen MR) is 97.2 cm³/mol. The van der Waals surface area contributed by atoms with Gasteiger partial charge in [-0.1, -0.05) is 29.8 Å². The highest BCUT2D eigenvalue weighted by atomic mass is 35.5. The van der Waals surface area contributed by atoms with Crippen LogP contribution in [-0.2, 0) is 0 Å². The lowest BCUT2D eigenvalue weighted by molar-refractivity contribution is 0.0674. The topological polar surface area (TPSA) is 46.3 Å². The molecule has 0 spiro atoms. The highest BCUT2D eigenvalue weighted by Gasteiger charge is 2.37. The number of carbonyl (C=O) groups is 1. The van der Waals surface area contributed by atoms with Gasteiger partial charge in [-0.15, -0.1) is 12.4 Å². The van der Waals surface area contributed by atoms with E-state index in [0.717, 1.165) is 18.4 Å². The van der Waals surface area contributed by atoms with E-state index in [1.54, 1.807) is 24.3 Å². The second kappa shape index (κ2) is 7.24. The van der Waals surface area contributed by atoms with Crippen LogP contribution in [0.1, 0.15) is 41.7 Å². The molecule has 3 nitrogen and oxygen atoms in total. The number of nitrogen functional groups attached to an aromatic ring is 1. The number of hydrogen-bond donors (Lipinski definition) is 1. The molecule has 0 aromatic heterocycles. The molecule has 0 bridgehead atoms. The summed E-state index contributed by atoms with van der Waals surface area (Å²) in [6, 6.07) is 15.1. The van der Waals surface area contributed by atoms with E-state index in [0.29, 0.717) is 22.3 Å². The van der Waals surface area contributed by atoms with Crippen molar-refractivity contribution in [2.24, 2.45) is 0 Å². The van der Waals surface area contributed by atoms with Gasteiger partial charge in [0.2, 0.25) is 0 Å². The fourth-order valence-electron chi connectivity index (χ4n) is 2.75. The zero-order valence-corrected chi connectivity index (χ0v) is 14.5. The summed E-state index contributed by atoms with van der Waals surface area (Å²) >= 11 is 6.31. The van der Waals surface area contributed by atoms with Crippen molar-refractivity contribution in [3.05, 3.63) is 64.7 Å². The first-order chi connectivity index (χ1) is 10.6. The normalized spacial score (nSPS) is 14.7. The monoisotopic (exact) mass is 350 g/mol. The van der Waals surface area contributed by atoms with Gasteiger partial charge in [0.1, 0.15) is 0 Å². The fourth-order valence-corrected chi connectivity index (χ4v) is 3.04. The quantitative estimate of drug-likeness (QED) is 0.811. The third-order valence-electron chi connectivity index (χ3n) is 4.10. The predicted octanol–water partition coefficient (Wildman–Crippen LogP) is 4.71. The first kappa shape index (κ1) is 17.6. The largest absolute Gasteiger partial charge is 0.399 e. The third kappa shape index (κ3) is 3.80. The Kier molecular flexibility index (Phi) is 5.55. The highest BCUT2D eigenvalue weighted by molar-refractivity contribution is 6.31. The van der Waals surface area contributed by atoms with E-state index in [9.17, 15) is 4.79 Å². The minimum Gasteiger partial charge on any atom is -0.399 e. The van der Waals surface area contributed by atoms with Crippen LogP contribution in [0.3, 0.4) is 0 Å². The second-order valence-electron chi connectivity index (χ2n) is 5.76. The Bertz CT molecular complexity index is 684. The Morgan fingerprint density at radius 3 is 2.35 bits per heavy atom. The van der Waals surface area contributed by atoms with Gasteiger partial charge in [-0.05, 0) is 55.7 Å². The van der Waals surface area contributed by atoms with E-state index in [1.807, 2.05) is 36.1 Å². The molecule has 0 saturated heterocycles. The van der Waals surface area contributed by atoms with Crippen molar-refractivity contribution in [2.45, 2.75) is 31.8 Å². The Labute approximate surface area is 147 Å². The van der Waals surface area contributed by atoms with Crippen LogP contribution in [0.5, 0.6) is 0 Å². The molecule has 1 aliphatic carbocycles. The molecule has 23 heavy (non-hydrogen) atoms. The lowest BCUT2D eigenvalue weighted by Gasteiger charge is -2.30. The molecule has 1 unspecified atom stereocenters. The minimum absolute atomic E-state index is 0. The summed E-state index contributed by atoms with van der Waals surface area (Å²) in [5.74, 6) is 0.0370. The molecule has 0 radical (unpaired) electrons. The molecule has 2 aromatic carbocycles. The maximum atomic E-state index is 12.9. The number of amides is 1. The lowest BCUT2D eigenvalue weighted by atomic mass is 10.0. The van der Waals surface area contributed by atoms with E-state index in [2.05, 4.69) is 0 Å². The number of rotatable bonds is 4. The zero-order valence-electron chi connectivity index (χ0n) is 12.9. The molecule has 0 aliphatic heterocycles. The van der Waals surface area contributed by atoms with Crippen molar-refractivity contribution in [2.75, 3.05) is 5.73 Å². The summed E-state index contributed by atoms with van der Waals surface area (Å²) < 4.78 is 0. The third-order valence-corrected chi connectivity index (χ3v) is 4.45. The number of nitrogens with zero attached hydrogens (tertiary/aromatic N) is 1. The number of halogens is 2. The van der Waals surface area contributed by atoms with Gasteiger partial charge >= 0.3 is 0 Å². The smallest absolute Gasteiger partial charge is 0.254 e. The number of nitrogens with two attached hydrogens (primary N) is 1. The van der Waals surface area contributed by atoms with Crippen molar-refractivity contribution in [3.63, 3.8) is 0 Å². The summed E-state index contributed by atoms with van der Waals surface area (Å²) in [6.45, 7) is 2.04. The zero-order chi connectivity index (χ0) is 15.7. The van der Waals surface area contributed by atoms with Crippen LogP contribution in [0.2, 0.25) is 5.02 Å². The van der Waals surface area contributed by atoms with Crippen LogP contribution in [0.15, 0.2) is 48.5 Å². The second-order valence-corrected chi connectivity index (χ2v) is 6.17. The van der Waals surface area contributed by atoms with E-state index in [4.69, 9.17) is 17.3 Å². The molecular weight excluding hydrogens is 331 g/mol. The average Bonchev–Trinajstić information content (AvgIpc) is 3.33. The molecule has 2 aromatic rings. The van der Waals surface area contributed by atoms with Gasteiger partial charge in [-0.25, -0.2) is 0 Å². The van der Waals surface area contributed by atoms with Crippen LogP contribution in [0.25, 0.3) is 0 Å².